The molecule has 1 fully saturated rings. The van der Waals surface area contributed by atoms with Gasteiger partial charge in [-0.1, -0.05) is 13.8 Å². The average molecular weight is 242 g/mol. The summed E-state index contributed by atoms with van der Waals surface area (Å²) in [7, 11) is 0. The quantitative estimate of drug-likeness (QED) is 0.640. The van der Waals surface area contributed by atoms with Gasteiger partial charge in [-0.15, -0.1) is 0 Å². The summed E-state index contributed by atoms with van der Waals surface area (Å²) < 4.78 is 0. The van der Waals surface area contributed by atoms with E-state index in [1.807, 2.05) is 13.8 Å². The van der Waals surface area contributed by atoms with Gasteiger partial charge < -0.3 is 16.2 Å². The molecule has 0 radical (unpaired) electrons. The van der Waals surface area contributed by atoms with E-state index in [1.165, 1.54) is 0 Å². The Kier molecular flexibility index (Phi) is 4.14. The fourth-order valence-corrected chi connectivity index (χ4v) is 1.78. The molecular weight excluding hydrogens is 220 g/mol. The van der Waals surface area contributed by atoms with Crippen molar-refractivity contribution < 1.29 is 14.7 Å². The van der Waals surface area contributed by atoms with Crippen molar-refractivity contribution in [2.45, 2.75) is 51.6 Å². The van der Waals surface area contributed by atoms with Crippen molar-refractivity contribution in [2.75, 3.05) is 0 Å². The highest BCUT2D eigenvalue weighted by molar-refractivity contribution is 5.87. The van der Waals surface area contributed by atoms with Crippen LogP contribution in [0.25, 0.3) is 0 Å². The van der Waals surface area contributed by atoms with Gasteiger partial charge in [0.2, 0.25) is 5.91 Å². The fourth-order valence-electron chi connectivity index (χ4n) is 1.78. The van der Waals surface area contributed by atoms with Gasteiger partial charge in [-0.3, -0.25) is 4.79 Å². The van der Waals surface area contributed by atoms with Crippen molar-refractivity contribution >= 4 is 11.9 Å². The number of carboxylic acids is 1. The third-order valence-electron chi connectivity index (χ3n) is 3.51. The van der Waals surface area contributed by atoms with Gasteiger partial charge in [0.05, 0.1) is 0 Å². The second kappa shape index (κ2) is 5.04. The molecule has 4 N–H and O–H groups in total. The van der Waals surface area contributed by atoms with Gasteiger partial charge in [0.15, 0.2) is 0 Å². The van der Waals surface area contributed by atoms with Gasteiger partial charge in [-0.2, -0.15) is 0 Å². The van der Waals surface area contributed by atoms with E-state index < -0.39 is 11.5 Å². The first-order valence-electron chi connectivity index (χ1n) is 6.07. The minimum Gasteiger partial charge on any atom is -0.480 e. The summed E-state index contributed by atoms with van der Waals surface area (Å²) in [6, 6.07) is -0.229. The Morgan fingerprint density at radius 3 is 2.35 bits per heavy atom. The van der Waals surface area contributed by atoms with E-state index in [0.717, 1.165) is 12.8 Å². The lowest BCUT2D eigenvalue weighted by molar-refractivity contribution is -0.148. The highest BCUT2D eigenvalue weighted by Crippen LogP contribution is 2.39. The topological polar surface area (TPSA) is 92.4 Å². The summed E-state index contributed by atoms with van der Waals surface area (Å²) in [5, 5.41) is 11.8. The molecule has 1 saturated carbocycles. The van der Waals surface area contributed by atoms with Crippen molar-refractivity contribution in [1.29, 1.82) is 0 Å². The summed E-state index contributed by atoms with van der Waals surface area (Å²) in [6.45, 7) is 5.45. The van der Waals surface area contributed by atoms with E-state index in [9.17, 15) is 14.7 Å². The van der Waals surface area contributed by atoms with Crippen LogP contribution in [0, 0.1) is 11.8 Å². The second-order valence-electron chi connectivity index (χ2n) is 5.44. The lowest BCUT2D eigenvalue weighted by Crippen LogP contribution is -2.55. The molecule has 5 heteroatoms. The van der Waals surface area contributed by atoms with Gasteiger partial charge >= 0.3 is 5.97 Å². The molecule has 0 aromatic carbocycles. The minimum atomic E-state index is -1.13. The smallest absolute Gasteiger partial charge is 0.329 e. The summed E-state index contributed by atoms with van der Waals surface area (Å²) >= 11 is 0. The molecular formula is C12H22N2O3. The number of carbonyl (C=O) groups is 2. The average Bonchev–Trinajstić information content (AvgIpc) is 2.99. The van der Waals surface area contributed by atoms with Gasteiger partial charge in [-0.25, -0.2) is 4.79 Å². The molecule has 1 rings (SSSR count). The van der Waals surface area contributed by atoms with Crippen LogP contribution in [0.15, 0.2) is 0 Å². The van der Waals surface area contributed by atoms with E-state index in [4.69, 9.17) is 5.73 Å². The van der Waals surface area contributed by atoms with E-state index in [-0.39, 0.29) is 30.2 Å². The number of aliphatic carboxylic acids is 1. The van der Waals surface area contributed by atoms with E-state index >= 15 is 0 Å². The molecule has 17 heavy (non-hydrogen) atoms. The van der Waals surface area contributed by atoms with E-state index in [0.29, 0.717) is 0 Å². The molecule has 2 atom stereocenters. The Morgan fingerprint density at radius 1 is 1.47 bits per heavy atom. The third kappa shape index (κ3) is 3.43. The standard InChI is InChI=1S/C12H22N2O3/c1-7(2)9(13)6-10(15)14-12(3,11(16)17)8-4-5-8/h7-9H,4-6,13H2,1-3H3,(H,14,15)(H,16,17). The molecule has 0 aromatic heterocycles. The largest absolute Gasteiger partial charge is 0.480 e. The Labute approximate surface area is 102 Å². The third-order valence-corrected chi connectivity index (χ3v) is 3.51. The van der Waals surface area contributed by atoms with E-state index in [2.05, 4.69) is 5.32 Å². The number of nitrogens with one attached hydrogen (secondary N) is 1. The number of rotatable bonds is 6. The van der Waals surface area contributed by atoms with Crippen LogP contribution in [0.1, 0.15) is 40.0 Å². The zero-order chi connectivity index (χ0) is 13.2. The van der Waals surface area contributed by atoms with Crippen LogP contribution in [0.4, 0.5) is 0 Å². The van der Waals surface area contributed by atoms with E-state index in [1.54, 1.807) is 6.92 Å². The molecule has 98 valence electrons. The monoisotopic (exact) mass is 242 g/mol. The van der Waals surface area contributed by atoms with Crippen LogP contribution in [-0.2, 0) is 9.59 Å². The van der Waals surface area contributed by atoms with Crippen molar-refractivity contribution in [3.8, 4) is 0 Å². The number of amides is 1. The zero-order valence-electron chi connectivity index (χ0n) is 10.7. The van der Waals surface area contributed by atoms with Crippen LogP contribution in [0.2, 0.25) is 0 Å². The SMILES string of the molecule is CC(C)C(N)CC(=O)NC(C)(C(=O)O)C1CC1. The van der Waals surface area contributed by atoms with Gasteiger partial charge in [0.1, 0.15) is 5.54 Å². The molecule has 0 bridgehead atoms. The molecule has 1 amide bonds. The predicted molar refractivity (Wildman–Crippen MR) is 64.3 cm³/mol. The van der Waals surface area contributed by atoms with Crippen LogP contribution < -0.4 is 11.1 Å². The molecule has 1 aliphatic carbocycles. The molecule has 0 saturated heterocycles. The normalized spacial score (nSPS) is 20.8. The first-order chi connectivity index (χ1) is 7.77. The predicted octanol–water partition coefficient (Wildman–Crippen LogP) is 0.729. The van der Waals surface area contributed by atoms with Crippen molar-refractivity contribution in [3.63, 3.8) is 0 Å². The molecule has 1 aliphatic rings. The number of hydrogen-bond acceptors (Lipinski definition) is 3. The molecule has 2 unspecified atom stereocenters. The Hall–Kier alpha value is -1.10. The Balaban J connectivity index is 2.56. The van der Waals surface area contributed by atoms with Crippen LogP contribution >= 0.6 is 0 Å². The zero-order valence-corrected chi connectivity index (χ0v) is 10.7. The summed E-state index contributed by atoms with van der Waals surface area (Å²) in [6.07, 6.45) is 1.89. The van der Waals surface area contributed by atoms with Crippen molar-refractivity contribution in [3.05, 3.63) is 0 Å². The highest BCUT2D eigenvalue weighted by atomic mass is 16.4. The summed E-state index contributed by atoms with van der Waals surface area (Å²) in [4.78, 5) is 23.0. The number of nitrogens with two attached hydrogens (primary N) is 1. The maximum absolute atomic E-state index is 11.8. The second-order valence-corrected chi connectivity index (χ2v) is 5.44. The number of carbonyl (C=O) groups excluding carboxylic acids is 1. The molecule has 0 aromatic rings. The summed E-state index contributed by atoms with van der Waals surface area (Å²) in [5.41, 5.74) is 4.66. The van der Waals surface area contributed by atoms with Crippen molar-refractivity contribution in [2.24, 2.45) is 17.6 Å². The highest BCUT2D eigenvalue weighted by Gasteiger charge is 2.48. The van der Waals surface area contributed by atoms with Gasteiger partial charge in [-0.05, 0) is 31.6 Å². The van der Waals surface area contributed by atoms with Gasteiger partial charge in [0.25, 0.3) is 0 Å². The Bertz CT molecular complexity index is 313. The van der Waals surface area contributed by atoms with Crippen molar-refractivity contribution in [1.82, 2.24) is 5.32 Å². The van der Waals surface area contributed by atoms with Crippen LogP contribution in [-0.4, -0.2) is 28.6 Å². The number of hydrogen-bond donors (Lipinski definition) is 3. The maximum atomic E-state index is 11.8. The van der Waals surface area contributed by atoms with Crippen LogP contribution in [0.3, 0.4) is 0 Å². The molecule has 0 aliphatic heterocycles. The first-order valence-corrected chi connectivity index (χ1v) is 6.07. The number of carboxylic acid groups (broad SMARTS) is 1. The van der Waals surface area contributed by atoms with Gasteiger partial charge in [0, 0.05) is 12.5 Å². The Morgan fingerprint density at radius 2 is 2.00 bits per heavy atom. The maximum Gasteiger partial charge on any atom is 0.329 e. The molecule has 5 nitrogen and oxygen atoms in total. The lowest BCUT2D eigenvalue weighted by atomic mass is 9.94. The first kappa shape index (κ1) is 14.0. The minimum absolute atomic E-state index is 0.0548. The van der Waals surface area contributed by atoms with Crippen LogP contribution in [0.5, 0.6) is 0 Å². The molecule has 0 spiro atoms. The fraction of sp³-hybridized carbons (Fsp3) is 0.833. The lowest BCUT2D eigenvalue weighted by Gasteiger charge is -2.27. The summed E-state index contributed by atoms with van der Waals surface area (Å²) in [5.74, 6) is -0.980. The molecule has 0 heterocycles.